The first kappa shape index (κ1) is 24.3. The molecule has 0 fully saturated rings. The number of aryl methyl sites for hydroxylation is 1. The average molecular weight is 476 g/mol. The number of pyridine rings is 1. The molecule has 0 saturated heterocycles. The summed E-state index contributed by atoms with van der Waals surface area (Å²) in [5.41, 5.74) is 0.780. The SMILES string of the molecule is Cc1[nH]c(C(NC(=O)c2cccnc2)N(C(=O)C(C)(C)C)C(F)F)nc1-c1ccc(Cl)cc1. The molecule has 0 bridgehead atoms. The Morgan fingerprint density at radius 2 is 1.82 bits per heavy atom. The molecule has 2 amide bonds. The lowest BCUT2D eigenvalue weighted by molar-refractivity contribution is -0.160. The van der Waals surface area contributed by atoms with Crippen LogP contribution >= 0.6 is 11.6 Å². The number of alkyl halides is 2. The van der Waals surface area contributed by atoms with Crippen LogP contribution in [0.2, 0.25) is 5.02 Å². The standard InChI is InChI=1S/C23H24ClF2N5O2/c1-13-17(14-7-9-16(24)10-8-14)29-18(28-13)19(30-20(32)15-6-5-11-27-12-15)31(22(25)26)21(33)23(2,3)4/h5-12,19,22H,1-4H3,(H,28,29)(H,30,32). The van der Waals surface area contributed by atoms with Crippen molar-refractivity contribution < 1.29 is 18.4 Å². The summed E-state index contributed by atoms with van der Waals surface area (Å²) in [6.07, 6.45) is 1.23. The number of halogens is 3. The van der Waals surface area contributed by atoms with E-state index in [1.54, 1.807) is 37.3 Å². The zero-order chi connectivity index (χ0) is 24.3. The molecule has 3 rings (SSSR count). The second kappa shape index (κ2) is 9.66. The predicted octanol–water partition coefficient (Wildman–Crippen LogP) is 4.96. The van der Waals surface area contributed by atoms with Gasteiger partial charge in [-0.2, -0.15) is 8.78 Å². The van der Waals surface area contributed by atoms with Crippen LogP contribution in [0.4, 0.5) is 8.78 Å². The van der Waals surface area contributed by atoms with E-state index in [9.17, 15) is 18.4 Å². The van der Waals surface area contributed by atoms with Gasteiger partial charge in [0.15, 0.2) is 12.0 Å². The summed E-state index contributed by atoms with van der Waals surface area (Å²) in [6.45, 7) is 3.10. The minimum absolute atomic E-state index is 0.00686. The first-order chi connectivity index (χ1) is 15.5. The van der Waals surface area contributed by atoms with Gasteiger partial charge in [-0.3, -0.25) is 19.5 Å². The van der Waals surface area contributed by atoms with Gasteiger partial charge in [0, 0.05) is 34.1 Å². The van der Waals surface area contributed by atoms with Crippen LogP contribution in [0.5, 0.6) is 0 Å². The lowest BCUT2D eigenvalue weighted by Gasteiger charge is -2.34. The van der Waals surface area contributed by atoms with E-state index in [1.165, 1.54) is 39.2 Å². The second-order valence-corrected chi connectivity index (χ2v) is 8.90. The summed E-state index contributed by atoms with van der Waals surface area (Å²) < 4.78 is 28.5. The number of amides is 2. The monoisotopic (exact) mass is 475 g/mol. The lowest BCUT2D eigenvalue weighted by Crippen LogP contribution is -2.51. The highest BCUT2D eigenvalue weighted by Gasteiger charge is 2.40. The number of nitrogens with one attached hydrogen (secondary N) is 2. The van der Waals surface area contributed by atoms with E-state index in [0.717, 1.165) is 0 Å². The minimum Gasteiger partial charge on any atom is -0.342 e. The molecule has 7 nitrogen and oxygen atoms in total. The molecule has 10 heteroatoms. The van der Waals surface area contributed by atoms with Crippen LogP contribution in [-0.4, -0.2) is 38.2 Å². The van der Waals surface area contributed by atoms with Gasteiger partial charge in [0.25, 0.3) is 5.91 Å². The third-order valence-electron chi connectivity index (χ3n) is 4.84. The molecule has 0 aliphatic heterocycles. The van der Waals surface area contributed by atoms with Gasteiger partial charge in [0.2, 0.25) is 5.91 Å². The van der Waals surface area contributed by atoms with Crippen LogP contribution < -0.4 is 5.32 Å². The Labute approximate surface area is 195 Å². The van der Waals surface area contributed by atoms with Crippen LogP contribution in [0.25, 0.3) is 11.3 Å². The number of aromatic nitrogens is 3. The summed E-state index contributed by atoms with van der Waals surface area (Å²) in [5, 5.41) is 3.05. The van der Waals surface area contributed by atoms with Crippen LogP contribution in [-0.2, 0) is 4.79 Å². The average Bonchev–Trinajstić information content (AvgIpc) is 3.14. The van der Waals surface area contributed by atoms with Crippen LogP contribution in [0.1, 0.15) is 48.8 Å². The molecule has 0 saturated carbocycles. The molecule has 0 spiro atoms. The number of carbonyl (C=O) groups is 2. The fraction of sp³-hybridized carbons (Fsp3) is 0.304. The van der Waals surface area contributed by atoms with Crippen molar-refractivity contribution in [1.82, 2.24) is 25.2 Å². The molecule has 33 heavy (non-hydrogen) atoms. The van der Waals surface area contributed by atoms with Gasteiger partial charge in [-0.1, -0.05) is 44.5 Å². The first-order valence-corrected chi connectivity index (χ1v) is 10.5. The Hall–Kier alpha value is -3.33. The van der Waals surface area contributed by atoms with Crippen LogP contribution in [0.3, 0.4) is 0 Å². The van der Waals surface area contributed by atoms with Gasteiger partial charge in [0.05, 0.1) is 11.3 Å². The van der Waals surface area contributed by atoms with E-state index in [0.29, 0.717) is 26.9 Å². The van der Waals surface area contributed by atoms with Gasteiger partial charge in [-0.15, -0.1) is 0 Å². The number of hydrogen-bond donors (Lipinski definition) is 2. The van der Waals surface area contributed by atoms with Crippen molar-refractivity contribution in [2.75, 3.05) is 0 Å². The Bertz CT molecular complexity index is 1130. The summed E-state index contributed by atoms with van der Waals surface area (Å²) in [4.78, 5) is 37.4. The van der Waals surface area contributed by atoms with Crippen LogP contribution in [0, 0.1) is 12.3 Å². The predicted molar refractivity (Wildman–Crippen MR) is 121 cm³/mol. The number of rotatable bonds is 6. The van der Waals surface area contributed by atoms with E-state index in [4.69, 9.17) is 11.6 Å². The topological polar surface area (TPSA) is 91.0 Å². The zero-order valence-corrected chi connectivity index (χ0v) is 19.3. The van der Waals surface area contributed by atoms with Gasteiger partial charge in [0.1, 0.15) is 0 Å². The highest BCUT2D eigenvalue weighted by atomic mass is 35.5. The second-order valence-electron chi connectivity index (χ2n) is 8.46. The van der Waals surface area contributed by atoms with Gasteiger partial charge >= 0.3 is 6.55 Å². The fourth-order valence-electron chi connectivity index (χ4n) is 3.18. The molecule has 0 radical (unpaired) electrons. The van der Waals surface area contributed by atoms with Crippen molar-refractivity contribution in [2.24, 2.45) is 5.41 Å². The third kappa shape index (κ3) is 5.54. The van der Waals surface area contributed by atoms with Crippen LogP contribution in [0.15, 0.2) is 48.8 Å². The Balaban J connectivity index is 2.08. The Morgan fingerprint density at radius 3 is 2.36 bits per heavy atom. The number of benzene rings is 1. The third-order valence-corrected chi connectivity index (χ3v) is 5.09. The lowest BCUT2D eigenvalue weighted by atomic mass is 9.94. The Morgan fingerprint density at radius 1 is 1.15 bits per heavy atom. The molecule has 3 aromatic rings. The maximum atomic E-state index is 14.2. The zero-order valence-electron chi connectivity index (χ0n) is 18.6. The van der Waals surface area contributed by atoms with Gasteiger partial charge < -0.3 is 10.3 Å². The Kier molecular flexibility index (Phi) is 7.12. The number of imidazole rings is 1. The number of H-pyrrole nitrogens is 1. The molecule has 1 unspecified atom stereocenters. The van der Waals surface area contributed by atoms with Crippen molar-refractivity contribution in [3.05, 3.63) is 70.9 Å². The molecule has 1 aromatic carbocycles. The number of nitrogens with zero attached hydrogens (tertiary/aromatic N) is 3. The van der Waals surface area contributed by atoms with Crippen molar-refractivity contribution in [3.63, 3.8) is 0 Å². The molecule has 2 aromatic heterocycles. The summed E-state index contributed by atoms with van der Waals surface area (Å²) in [7, 11) is 0. The molecule has 174 valence electrons. The quantitative estimate of drug-likeness (QED) is 0.389. The number of carbonyl (C=O) groups excluding carboxylic acids is 2. The van der Waals surface area contributed by atoms with Crippen molar-refractivity contribution in [2.45, 2.75) is 40.4 Å². The smallest absolute Gasteiger partial charge is 0.319 e. The highest BCUT2D eigenvalue weighted by Crippen LogP contribution is 2.30. The van der Waals surface area contributed by atoms with Crippen molar-refractivity contribution in [3.8, 4) is 11.3 Å². The van der Waals surface area contributed by atoms with E-state index in [2.05, 4.69) is 20.3 Å². The summed E-state index contributed by atoms with van der Waals surface area (Å²) in [6, 6.07) is 9.88. The van der Waals surface area contributed by atoms with Gasteiger partial charge in [-0.25, -0.2) is 4.98 Å². The molecule has 2 N–H and O–H groups in total. The molecule has 0 aliphatic carbocycles. The molecular formula is C23H24ClF2N5O2. The molecule has 0 aliphatic rings. The largest absolute Gasteiger partial charge is 0.342 e. The van der Waals surface area contributed by atoms with E-state index >= 15 is 0 Å². The van der Waals surface area contributed by atoms with E-state index in [-0.39, 0.29) is 11.4 Å². The van der Waals surface area contributed by atoms with Crippen molar-refractivity contribution >= 4 is 23.4 Å². The minimum atomic E-state index is -3.19. The van der Waals surface area contributed by atoms with E-state index in [1.807, 2.05) is 0 Å². The molecule has 2 heterocycles. The normalized spacial score (nSPS) is 12.5. The first-order valence-electron chi connectivity index (χ1n) is 10.1. The maximum absolute atomic E-state index is 14.2. The van der Waals surface area contributed by atoms with Crippen molar-refractivity contribution in [1.29, 1.82) is 0 Å². The summed E-state index contributed by atoms with van der Waals surface area (Å²) >= 11 is 5.96. The maximum Gasteiger partial charge on any atom is 0.319 e. The summed E-state index contributed by atoms with van der Waals surface area (Å²) in [5.74, 6) is -1.54. The van der Waals surface area contributed by atoms with Gasteiger partial charge in [-0.05, 0) is 31.2 Å². The fourth-order valence-corrected chi connectivity index (χ4v) is 3.31. The number of aromatic amines is 1. The number of hydrogen-bond acceptors (Lipinski definition) is 4. The molecule has 1 atom stereocenters. The highest BCUT2D eigenvalue weighted by molar-refractivity contribution is 6.30. The van der Waals surface area contributed by atoms with E-state index < -0.39 is 29.9 Å². The molecular weight excluding hydrogens is 452 g/mol.